The molecule has 0 heterocycles. The molecular formula is C13H15NO5. The molecule has 6 heteroatoms. The van der Waals surface area contributed by atoms with Gasteiger partial charge < -0.3 is 9.84 Å². The number of hydrogen-bond donors (Lipinski definition) is 1. The summed E-state index contributed by atoms with van der Waals surface area (Å²) in [5.41, 5.74) is -0.883. The van der Waals surface area contributed by atoms with E-state index in [4.69, 9.17) is 4.74 Å². The fourth-order valence-corrected chi connectivity index (χ4v) is 2.26. The molecule has 0 unspecified atom stereocenters. The Balaban J connectivity index is 2.11. The van der Waals surface area contributed by atoms with Gasteiger partial charge in [0.05, 0.1) is 16.1 Å². The minimum atomic E-state index is -0.845. The summed E-state index contributed by atoms with van der Waals surface area (Å²) in [5, 5.41) is 20.7. The lowest BCUT2D eigenvalue weighted by molar-refractivity contribution is -0.384. The van der Waals surface area contributed by atoms with Gasteiger partial charge in [0.1, 0.15) is 12.4 Å². The summed E-state index contributed by atoms with van der Waals surface area (Å²) >= 11 is 0. The molecule has 1 aromatic carbocycles. The van der Waals surface area contributed by atoms with Gasteiger partial charge in [0, 0.05) is 12.1 Å². The summed E-state index contributed by atoms with van der Waals surface area (Å²) in [4.78, 5) is 21.0. The van der Waals surface area contributed by atoms with Crippen LogP contribution in [0.25, 0.3) is 0 Å². The van der Waals surface area contributed by atoms with E-state index in [0.29, 0.717) is 19.1 Å². The van der Waals surface area contributed by atoms with E-state index < -0.39 is 10.5 Å². The molecule has 0 bridgehead atoms. The summed E-state index contributed by atoms with van der Waals surface area (Å²) < 4.78 is 5.45. The summed E-state index contributed by atoms with van der Waals surface area (Å²) in [7, 11) is 0. The van der Waals surface area contributed by atoms with E-state index in [0.717, 1.165) is 12.8 Å². The maximum atomic E-state index is 10.9. The lowest BCUT2D eigenvalue weighted by atomic mass is 10.0. The number of non-ortho nitro benzene ring substituents is 1. The standard InChI is InChI=1S/C13H15NO5/c15-8-10-7-11(14(17)18)3-4-12(10)19-9-13(16)5-1-2-6-13/h3-4,7-8,16H,1-2,5-6,9H2. The number of nitro groups is 1. The van der Waals surface area contributed by atoms with E-state index in [1.807, 2.05) is 0 Å². The Kier molecular flexibility index (Phi) is 3.80. The van der Waals surface area contributed by atoms with Crippen LogP contribution in [0.1, 0.15) is 36.0 Å². The number of benzene rings is 1. The number of carbonyl (C=O) groups is 1. The second-order valence-electron chi connectivity index (χ2n) is 4.82. The van der Waals surface area contributed by atoms with Crippen LogP contribution in [0, 0.1) is 10.1 Å². The van der Waals surface area contributed by atoms with Crippen molar-refractivity contribution in [1.29, 1.82) is 0 Å². The van der Waals surface area contributed by atoms with Crippen LogP contribution in [0.15, 0.2) is 18.2 Å². The summed E-state index contributed by atoms with van der Waals surface area (Å²) in [6.45, 7) is 0.103. The number of carbonyl (C=O) groups excluding carboxylic acids is 1. The lowest BCUT2D eigenvalue weighted by Gasteiger charge is -2.22. The van der Waals surface area contributed by atoms with Crippen molar-refractivity contribution in [3.63, 3.8) is 0 Å². The third kappa shape index (κ3) is 3.08. The highest BCUT2D eigenvalue weighted by Gasteiger charge is 2.32. The van der Waals surface area contributed by atoms with Crippen LogP contribution < -0.4 is 4.74 Å². The minimum Gasteiger partial charge on any atom is -0.490 e. The molecule has 1 N–H and O–H groups in total. The van der Waals surface area contributed by atoms with Crippen LogP contribution in [-0.4, -0.2) is 28.5 Å². The van der Waals surface area contributed by atoms with Crippen LogP contribution in [0.2, 0.25) is 0 Å². The Hall–Kier alpha value is -1.95. The molecule has 0 amide bonds. The molecule has 2 rings (SSSR count). The van der Waals surface area contributed by atoms with E-state index in [2.05, 4.69) is 0 Å². The normalized spacial score (nSPS) is 17.1. The van der Waals surface area contributed by atoms with Gasteiger partial charge in [-0.1, -0.05) is 12.8 Å². The van der Waals surface area contributed by atoms with Gasteiger partial charge in [0.15, 0.2) is 6.29 Å². The predicted molar refractivity (Wildman–Crippen MR) is 67.4 cm³/mol. The van der Waals surface area contributed by atoms with Crippen LogP contribution >= 0.6 is 0 Å². The molecule has 19 heavy (non-hydrogen) atoms. The van der Waals surface area contributed by atoms with Crippen molar-refractivity contribution in [2.24, 2.45) is 0 Å². The first-order valence-corrected chi connectivity index (χ1v) is 6.13. The minimum absolute atomic E-state index is 0.103. The third-order valence-corrected chi connectivity index (χ3v) is 3.36. The van der Waals surface area contributed by atoms with Crippen molar-refractivity contribution < 1.29 is 19.6 Å². The van der Waals surface area contributed by atoms with Gasteiger partial charge in [-0.25, -0.2) is 0 Å². The number of nitrogens with zero attached hydrogens (tertiary/aromatic N) is 1. The van der Waals surface area contributed by atoms with E-state index in [-0.39, 0.29) is 23.6 Å². The summed E-state index contributed by atoms with van der Waals surface area (Å²) in [6, 6.07) is 3.84. The Labute approximate surface area is 110 Å². The molecule has 1 aromatic rings. The Bertz CT molecular complexity index is 494. The Morgan fingerprint density at radius 2 is 2.11 bits per heavy atom. The molecule has 0 atom stereocenters. The van der Waals surface area contributed by atoms with E-state index in [1.54, 1.807) is 0 Å². The number of ether oxygens (including phenoxy) is 1. The van der Waals surface area contributed by atoms with Gasteiger partial charge in [0.2, 0.25) is 0 Å². The van der Waals surface area contributed by atoms with Gasteiger partial charge >= 0.3 is 0 Å². The van der Waals surface area contributed by atoms with Gasteiger partial charge in [-0.2, -0.15) is 0 Å². The lowest BCUT2D eigenvalue weighted by Crippen LogP contribution is -2.32. The number of hydrogen-bond acceptors (Lipinski definition) is 5. The molecule has 0 saturated heterocycles. The highest BCUT2D eigenvalue weighted by Crippen LogP contribution is 2.31. The Morgan fingerprint density at radius 1 is 1.42 bits per heavy atom. The molecular weight excluding hydrogens is 250 g/mol. The van der Waals surface area contributed by atoms with Crippen LogP contribution in [0.5, 0.6) is 5.75 Å². The first-order valence-electron chi connectivity index (χ1n) is 6.13. The zero-order chi connectivity index (χ0) is 13.9. The quantitative estimate of drug-likeness (QED) is 0.500. The second kappa shape index (κ2) is 5.36. The molecule has 1 aliphatic rings. The van der Waals surface area contributed by atoms with Crippen molar-refractivity contribution in [1.82, 2.24) is 0 Å². The largest absolute Gasteiger partial charge is 0.490 e. The fourth-order valence-electron chi connectivity index (χ4n) is 2.26. The maximum Gasteiger partial charge on any atom is 0.270 e. The topological polar surface area (TPSA) is 89.7 Å². The monoisotopic (exact) mass is 265 g/mol. The molecule has 6 nitrogen and oxygen atoms in total. The van der Waals surface area contributed by atoms with E-state index in [1.165, 1.54) is 18.2 Å². The van der Waals surface area contributed by atoms with Crippen molar-refractivity contribution in [2.75, 3.05) is 6.61 Å². The van der Waals surface area contributed by atoms with Gasteiger partial charge in [0.25, 0.3) is 5.69 Å². The molecule has 0 spiro atoms. The highest BCUT2D eigenvalue weighted by molar-refractivity contribution is 5.80. The van der Waals surface area contributed by atoms with Crippen LogP contribution in [0.3, 0.4) is 0 Å². The van der Waals surface area contributed by atoms with E-state index in [9.17, 15) is 20.0 Å². The molecule has 102 valence electrons. The SMILES string of the molecule is O=Cc1cc([N+](=O)[O-])ccc1OCC1(O)CCCC1. The van der Waals surface area contributed by atoms with Gasteiger partial charge in [-0.15, -0.1) is 0 Å². The van der Waals surface area contributed by atoms with Gasteiger partial charge in [-0.05, 0) is 18.9 Å². The molecule has 0 aliphatic heterocycles. The number of rotatable bonds is 5. The predicted octanol–water partition coefficient (Wildman–Crippen LogP) is 2.09. The number of aliphatic hydroxyl groups is 1. The Morgan fingerprint density at radius 3 is 2.68 bits per heavy atom. The van der Waals surface area contributed by atoms with Crippen molar-refractivity contribution in [2.45, 2.75) is 31.3 Å². The molecule has 1 fully saturated rings. The van der Waals surface area contributed by atoms with Crippen LogP contribution in [0.4, 0.5) is 5.69 Å². The zero-order valence-electron chi connectivity index (χ0n) is 10.4. The fraction of sp³-hybridized carbons (Fsp3) is 0.462. The smallest absolute Gasteiger partial charge is 0.270 e. The third-order valence-electron chi connectivity index (χ3n) is 3.36. The second-order valence-corrected chi connectivity index (χ2v) is 4.82. The first kappa shape index (κ1) is 13.5. The average Bonchev–Trinajstić information content (AvgIpc) is 2.83. The highest BCUT2D eigenvalue weighted by atomic mass is 16.6. The maximum absolute atomic E-state index is 10.9. The molecule has 1 aliphatic carbocycles. The van der Waals surface area contributed by atoms with Crippen LogP contribution in [-0.2, 0) is 0 Å². The molecule has 0 aromatic heterocycles. The summed E-state index contributed by atoms with van der Waals surface area (Å²) in [6.07, 6.45) is 3.79. The summed E-state index contributed by atoms with van der Waals surface area (Å²) in [5.74, 6) is 0.265. The van der Waals surface area contributed by atoms with Crippen molar-refractivity contribution in [3.05, 3.63) is 33.9 Å². The van der Waals surface area contributed by atoms with Gasteiger partial charge in [-0.3, -0.25) is 14.9 Å². The van der Waals surface area contributed by atoms with E-state index >= 15 is 0 Å². The number of nitro benzene ring substituents is 1. The molecule has 0 radical (unpaired) electrons. The zero-order valence-corrected chi connectivity index (χ0v) is 10.4. The molecule has 1 saturated carbocycles. The van der Waals surface area contributed by atoms with Crippen molar-refractivity contribution in [3.8, 4) is 5.75 Å². The van der Waals surface area contributed by atoms with Crippen molar-refractivity contribution >= 4 is 12.0 Å². The number of aldehydes is 1. The first-order chi connectivity index (χ1) is 9.04. The average molecular weight is 265 g/mol.